The molecule has 0 aliphatic heterocycles. The van der Waals surface area contributed by atoms with Crippen LogP contribution in [0.15, 0.2) is 65.0 Å². The van der Waals surface area contributed by atoms with Gasteiger partial charge in [0.2, 0.25) is 0 Å². The predicted octanol–water partition coefficient (Wildman–Crippen LogP) is 4.77. The summed E-state index contributed by atoms with van der Waals surface area (Å²) in [7, 11) is 0. The maximum Gasteiger partial charge on any atom is 0.417 e. The summed E-state index contributed by atoms with van der Waals surface area (Å²) in [5.74, 6) is 0. The second-order valence-corrected chi connectivity index (χ2v) is 6.73. The third-order valence-electron chi connectivity index (χ3n) is 3.86. The number of aromatic amines is 1. The molecule has 0 aliphatic rings. The van der Waals surface area contributed by atoms with Crippen molar-refractivity contribution in [2.45, 2.75) is 16.2 Å². The van der Waals surface area contributed by atoms with Gasteiger partial charge < -0.3 is 10.7 Å². The average Bonchev–Trinajstić information content (AvgIpc) is 3.06. The number of alkyl halides is 3. The van der Waals surface area contributed by atoms with Gasteiger partial charge in [-0.25, -0.2) is 15.0 Å². The molecule has 0 saturated carbocycles. The summed E-state index contributed by atoms with van der Waals surface area (Å²) < 4.78 is 39.1. The van der Waals surface area contributed by atoms with Crippen LogP contribution in [0.1, 0.15) is 5.56 Å². The third-order valence-corrected chi connectivity index (χ3v) is 4.75. The van der Waals surface area contributed by atoms with E-state index in [0.717, 1.165) is 17.2 Å². The molecule has 0 spiro atoms. The minimum absolute atomic E-state index is 0.269. The Balaban J connectivity index is 1.80. The van der Waals surface area contributed by atoms with Crippen LogP contribution < -0.4 is 5.73 Å². The minimum atomic E-state index is -4.48. The Kier molecular flexibility index (Phi) is 4.23. The molecule has 1 aromatic carbocycles. The number of halogens is 3. The van der Waals surface area contributed by atoms with Crippen LogP contribution in [0.4, 0.5) is 18.9 Å². The van der Waals surface area contributed by atoms with E-state index in [-0.39, 0.29) is 5.69 Å². The maximum atomic E-state index is 13.0. The molecule has 3 heterocycles. The van der Waals surface area contributed by atoms with Gasteiger partial charge in [0.25, 0.3) is 0 Å². The summed E-state index contributed by atoms with van der Waals surface area (Å²) in [5.41, 5.74) is 6.56. The lowest BCUT2D eigenvalue weighted by Crippen LogP contribution is -2.05. The van der Waals surface area contributed by atoms with E-state index in [9.17, 15) is 13.2 Å². The van der Waals surface area contributed by atoms with Gasteiger partial charge in [0.15, 0.2) is 5.16 Å². The smallest absolute Gasteiger partial charge is 0.396 e. The van der Waals surface area contributed by atoms with Crippen LogP contribution >= 0.6 is 11.8 Å². The minimum Gasteiger partial charge on any atom is -0.396 e. The fourth-order valence-corrected chi connectivity index (χ4v) is 3.33. The molecule has 27 heavy (non-hydrogen) atoms. The molecule has 3 aromatic heterocycles. The van der Waals surface area contributed by atoms with Crippen molar-refractivity contribution >= 4 is 28.5 Å². The van der Waals surface area contributed by atoms with Gasteiger partial charge in [-0.15, -0.1) is 0 Å². The summed E-state index contributed by atoms with van der Waals surface area (Å²) in [6.07, 6.45) is -0.690. The number of aromatic nitrogens is 4. The molecule has 0 aliphatic carbocycles. The van der Waals surface area contributed by atoms with Crippen LogP contribution in [0.5, 0.6) is 0 Å². The number of fused-ring (bicyclic) bond motifs is 1. The fraction of sp³-hybridized carbons (Fsp3) is 0.0556. The van der Waals surface area contributed by atoms with E-state index in [2.05, 4.69) is 19.9 Å². The van der Waals surface area contributed by atoms with Crippen LogP contribution in [-0.2, 0) is 6.18 Å². The lowest BCUT2D eigenvalue weighted by molar-refractivity contribution is -0.137. The first-order chi connectivity index (χ1) is 12.9. The summed E-state index contributed by atoms with van der Waals surface area (Å²) >= 11 is 1.34. The number of pyridine rings is 1. The highest BCUT2D eigenvalue weighted by atomic mass is 32.2. The zero-order chi connectivity index (χ0) is 19.0. The number of nitrogens with one attached hydrogen (secondary N) is 1. The van der Waals surface area contributed by atoms with E-state index in [1.54, 1.807) is 6.20 Å². The van der Waals surface area contributed by atoms with Crippen LogP contribution in [0.3, 0.4) is 0 Å². The number of hydrogen-bond donors (Lipinski definition) is 2. The molecule has 0 unspecified atom stereocenters. The quantitative estimate of drug-likeness (QED) is 0.495. The van der Waals surface area contributed by atoms with E-state index < -0.39 is 11.7 Å². The van der Waals surface area contributed by atoms with Crippen LogP contribution in [0.2, 0.25) is 0 Å². The second kappa shape index (κ2) is 6.58. The summed E-state index contributed by atoms with van der Waals surface area (Å²) in [6, 6.07) is 10.6. The van der Waals surface area contributed by atoms with Crippen LogP contribution in [0.25, 0.3) is 22.3 Å². The number of rotatable bonds is 3. The van der Waals surface area contributed by atoms with Crippen molar-refractivity contribution in [1.29, 1.82) is 0 Å². The van der Waals surface area contributed by atoms with Crippen molar-refractivity contribution in [3.63, 3.8) is 0 Å². The van der Waals surface area contributed by atoms with E-state index in [1.807, 2.05) is 30.3 Å². The van der Waals surface area contributed by atoms with Gasteiger partial charge in [0, 0.05) is 28.2 Å². The van der Waals surface area contributed by atoms with Gasteiger partial charge in [0.05, 0.1) is 23.1 Å². The van der Waals surface area contributed by atoms with Gasteiger partial charge in [-0.2, -0.15) is 13.2 Å². The number of nitrogen functional groups attached to an aromatic ring is 1. The SMILES string of the molecule is Nc1cnc(Sc2ccccc2)nc1-c1c[nH]c2ncc(C(F)(F)F)cc12. The third kappa shape index (κ3) is 3.45. The van der Waals surface area contributed by atoms with Crippen LogP contribution in [-0.4, -0.2) is 19.9 Å². The standard InChI is InChI=1S/C18H12F3N5S/c19-18(20,21)10-6-12-13(8-24-16(12)23-7-10)15-14(22)9-25-17(26-15)27-11-4-2-1-3-5-11/h1-9H,22H2,(H,23,24). The van der Waals surface area contributed by atoms with Crippen molar-refractivity contribution in [3.05, 3.63) is 60.6 Å². The summed E-state index contributed by atoms with van der Waals surface area (Å²) in [6.45, 7) is 0. The van der Waals surface area contributed by atoms with E-state index >= 15 is 0 Å². The Morgan fingerprint density at radius 3 is 2.56 bits per heavy atom. The fourth-order valence-electron chi connectivity index (χ4n) is 2.59. The highest BCUT2D eigenvalue weighted by Crippen LogP contribution is 2.36. The molecule has 0 saturated heterocycles. The zero-order valence-electron chi connectivity index (χ0n) is 13.7. The number of nitrogens with two attached hydrogens (primary N) is 1. The Labute approximate surface area is 155 Å². The normalized spacial score (nSPS) is 11.8. The molecule has 0 fully saturated rings. The molecule has 0 radical (unpaired) electrons. The number of hydrogen-bond acceptors (Lipinski definition) is 5. The van der Waals surface area contributed by atoms with Crippen LogP contribution in [0, 0.1) is 0 Å². The van der Waals surface area contributed by atoms with E-state index in [0.29, 0.717) is 27.4 Å². The summed E-state index contributed by atoms with van der Waals surface area (Å²) in [4.78, 5) is 16.3. The topological polar surface area (TPSA) is 80.5 Å². The number of benzene rings is 1. The molecule has 4 aromatic rings. The van der Waals surface area contributed by atoms with Gasteiger partial charge >= 0.3 is 6.18 Å². The van der Waals surface area contributed by atoms with Crippen molar-refractivity contribution in [2.24, 2.45) is 0 Å². The number of H-pyrrole nitrogens is 1. The molecule has 5 nitrogen and oxygen atoms in total. The van der Waals surface area contributed by atoms with Crippen molar-refractivity contribution in [1.82, 2.24) is 19.9 Å². The number of anilines is 1. The lowest BCUT2D eigenvalue weighted by Gasteiger charge is -2.08. The molecule has 3 N–H and O–H groups in total. The molecule has 0 bridgehead atoms. The Morgan fingerprint density at radius 1 is 1.04 bits per heavy atom. The van der Waals surface area contributed by atoms with Gasteiger partial charge in [0.1, 0.15) is 5.65 Å². The van der Waals surface area contributed by atoms with Gasteiger partial charge in [-0.3, -0.25) is 0 Å². The van der Waals surface area contributed by atoms with Crippen molar-refractivity contribution in [2.75, 3.05) is 5.73 Å². The molecule has 0 atom stereocenters. The van der Waals surface area contributed by atoms with Gasteiger partial charge in [-0.1, -0.05) is 18.2 Å². The Morgan fingerprint density at radius 2 is 1.81 bits per heavy atom. The van der Waals surface area contributed by atoms with Crippen molar-refractivity contribution in [3.8, 4) is 11.3 Å². The molecule has 9 heteroatoms. The average molecular weight is 387 g/mol. The highest BCUT2D eigenvalue weighted by molar-refractivity contribution is 7.99. The molecule has 136 valence electrons. The first-order valence-corrected chi connectivity index (χ1v) is 8.63. The van der Waals surface area contributed by atoms with Crippen molar-refractivity contribution < 1.29 is 13.2 Å². The second-order valence-electron chi connectivity index (χ2n) is 5.69. The first-order valence-electron chi connectivity index (χ1n) is 7.82. The zero-order valence-corrected chi connectivity index (χ0v) is 14.5. The monoisotopic (exact) mass is 387 g/mol. The molecule has 0 amide bonds. The first kappa shape index (κ1) is 17.3. The molecular formula is C18H12F3N5S. The lowest BCUT2D eigenvalue weighted by atomic mass is 10.1. The Bertz CT molecular complexity index is 1110. The molecular weight excluding hydrogens is 375 g/mol. The highest BCUT2D eigenvalue weighted by Gasteiger charge is 2.31. The summed E-state index contributed by atoms with van der Waals surface area (Å²) in [5, 5.41) is 0.741. The molecule has 4 rings (SSSR count). The van der Waals surface area contributed by atoms with E-state index in [4.69, 9.17) is 5.73 Å². The largest absolute Gasteiger partial charge is 0.417 e. The van der Waals surface area contributed by atoms with Gasteiger partial charge in [-0.05, 0) is 30.0 Å². The number of nitrogens with zero attached hydrogens (tertiary/aromatic N) is 3. The maximum absolute atomic E-state index is 13.0. The van der Waals surface area contributed by atoms with E-state index in [1.165, 1.54) is 18.0 Å². The Hall–Kier alpha value is -3.07. The predicted molar refractivity (Wildman–Crippen MR) is 97.1 cm³/mol.